The Morgan fingerprint density at radius 1 is 1.05 bits per heavy atom. The van der Waals surface area contributed by atoms with E-state index in [4.69, 9.17) is 4.74 Å². The van der Waals surface area contributed by atoms with Gasteiger partial charge in [-0.1, -0.05) is 18.2 Å². The van der Waals surface area contributed by atoms with Gasteiger partial charge in [0.15, 0.2) is 5.65 Å². The number of nitrogens with zero attached hydrogens (tertiary/aromatic N) is 8. The summed E-state index contributed by atoms with van der Waals surface area (Å²) in [5, 5.41) is 5.55. The molecule has 0 radical (unpaired) electrons. The molecular weight excluding hydrogens is 556 g/mol. The fraction of sp³-hybridized carbons (Fsp3) is 0.545. The quantitative estimate of drug-likeness (QED) is 0.308. The van der Waals surface area contributed by atoms with Crippen LogP contribution in [-0.4, -0.2) is 112 Å². The molecule has 0 unspecified atom stereocenters. The van der Waals surface area contributed by atoms with Crippen molar-refractivity contribution in [2.45, 2.75) is 52.1 Å². The molecule has 0 spiro atoms. The average molecular weight is 603 g/mol. The first-order chi connectivity index (χ1) is 21.4. The summed E-state index contributed by atoms with van der Waals surface area (Å²) in [6.07, 6.45) is 10.3. The number of rotatable bonds is 11. The van der Waals surface area contributed by atoms with Crippen LogP contribution in [0.3, 0.4) is 0 Å². The molecule has 1 saturated carbocycles. The largest absolute Gasteiger partial charge is 0.494 e. The molecule has 2 aliphatic rings. The van der Waals surface area contributed by atoms with E-state index in [9.17, 15) is 9.59 Å². The standard InChI is InChI=1S/C33H46N8O3/c1-5-8-30(42)40(20-15-37(3)4)27-13-11-26(12-14-27)33(43)39-18-16-38(17-19-39)31-29-22-36-41(32(29)35-24-34-31)23-25-9-7-10-28(21-25)44-6-2/h5,7-10,21-22,24,26-27H,6,11-20,23H2,1-4H3/b8-5+. The van der Waals surface area contributed by atoms with E-state index in [0.717, 1.165) is 60.4 Å². The lowest BCUT2D eigenvalue weighted by atomic mass is 9.84. The minimum Gasteiger partial charge on any atom is -0.494 e. The maximum Gasteiger partial charge on any atom is 0.246 e. The van der Waals surface area contributed by atoms with E-state index in [-0.39, 0.29) is 23.8 Å². The third-order valence-electron chi connectivity index (χ3n) is 8.71. The predicted octanol–water partition coefficient (Wildman–Crippen LogP) is 3.45. The minimum absolute atomic E-state index is 0.0236. The van der Waals surface area contributed by atoms with Crippen molar-refractivity contribution in [2.75, 3.05) is 64.9 Å². The summed E-state index contributed by atoms with van der Waals surface area (Å²) in [6.45, 7) is 9.35. The van der Waals surface area contributed by atoms with E-state index in [1.54, 1.807) is 12.4 Å². The van der Waals surface area contributed by atoms with Gasteiger partial charge in [-0.3, -0.25) is 9.59 Å². The van der Waals surface area contributed by atoms with Crippen molar-refractivity contribution < 1.29 is 14.3 Å². The van der Waals surface area contributed by atoms with Gasteiger partial charge in [-0.2, -0.15) is 5.10 Å². The Morgan fingerprint density at radius 2 is 1.82 bits per heavy atom. The van der Waals surface area contributed by atoms with Crippen LogP contribution in [0.25, 0.3) is 11.0 Å². The Morgan fingerprint density at radius 3 is 2.52 bits per heavy atom. The zero-order chi connectivity index (χ0) is 31.1. The molecule has 1 saturated heterocycles. The number of carbonyl (C=O) groups excluding carboxylic acids is 2. The molecule has 0 atom stereocenters. The van der Waals surface area contributed by atoms with Crippen LogP contribution in [0.15, 0.2) is 48.9 Å². The number of allylic oxidation sites excluding steroid dienone is 1. The van der Waals surface area contributed by atoms with Gasteiger partial charge in [-0.15, -0.1) is 0 Å². The second-order valence-corrected chi connectivity index (χ2v) is 12.0. The van der Waals surface area contributed by atoms with E-state index in [1.807, 2.05) is 72.9 Å². The Hall–Kier alpha value is -3.99. The van der Waals surface area contributed by atoms with E-state index >= 15 is 0 Å². The predicted molar refractivity (Wildman–Crippen MR) is 172 cm³/mol. The van der Waals surface area contributed by atoms with Gasteiger partial charge in [-0.25, -0.2) is 14.6 Å². The summed E-state index contributed by atoms with van der Waals surface area (Å²) in [6, 6.07) is 8.23. The summed E-state index contributed by atoms with van der Waals surface area (Å²) in [4.78, 5) is 43.9. The van der Waals surface area contributed by atoms with Crippen LogP contribution in [0.4, 0.5) is 5.82 Å². The smallest absolute Gasteiger partial charge is 0.246 e. The summed E-state index contributed by atoms with van der Waals surface area (Å²) >= 11 is 0. The highest BCUT2D eigenvalue weighted by molar-refractivity contribution is 5.88. The Labute approximate surface area is 260 Å². The molecule has 11 nitrogen and oxygen atoms in total. The minimum atomic E-state index is 0.0236. The fourth-order valence-electron chi connectivity index (χ4n) is 6.37. The van der Waals surface area contributed by atoms with Gasteiger partial charge >= 0.3 is 0 Å². The van der Waals surface area contributed by atoms with Crippen molar-refractivity contribution in [3.63, 3.8) is 0 Å². The molecule has 3 aromatic rings. The van der Waals surface area contributed by atoms with Gasteiger partial charge in [-0.05, 0) is 77.4 Å². The second kappa shape index (κ2) is 14.7. The molecule has 1 aliphatic carbocycles. The number of hydrogen-bond acceptors (Lipinski definition) is 8. The molecule has 1 aliphatic heterocycles. The average Bonchev–Trinajstić information content (AvgIpc) is 3.44. The molecule has 3 heterocycles. The molecule has 0 bridgehead atoms. The number of piperazine rings is 1. The molecule has 236 valence electrons. The lowest BCUT2D eigenvalue weighted by Crippen LogP contribution is -2.52. The van der Waals surface area contributed by atoms with Crippen molar-refractivity contribution in [2.24, 2.45) is 5.92 Å². The summed E-state index contributed by atoms with van der Waals surface area (Å²) in [5.41, 5.74) is 1.88. The zero-order valence-electron chi connectivity index (χ0n) is 26.6. The number of carbonyl (C=O) groups is 2. The summed E-state index contributed by atoms with van der Waals surface area (Å²) in [7, 11) is 4.05. The molecule has 11 heteroatoms. The normalized spacial score (nSPS) is 19.2. The van der Waals surface area contributed by atoms with Crippen LogP contribution in [0, 0.1) is 5.92 Å². The monoisotopic (exact) mass is 602 g/mol. The lowest BCUT2D eigenvalue weighted by Gasteiger charge is -2.40. The van der Waals surface area contributed by atoms with Crippen molar-refractivity contribution in [3.05, 3.63) is 54.5 Å². The van der Waals surface area contributed by atoms with Crippen LogP contribution in [-0.2, 0) is 16.1 Å². The number of hydrogen-bond donors (Lipinski definition) is 0. The maximum atomic E-state index is 13.5. The van der Waals surface area contributed by atoms with Gasteiger partial charge < -0.3 is 24.3 Å². The van der Waals surface area contributed by atoms with E-state index in [0.29, 0.717) is 45.9 Å². The van der Waals surface area contributed by atoms with Crippen LogP contribution in [0.5, 0.6) is 5.75 Å². The molecule has 1 aromatic carbocycles. The Balaban J connectivity index is 1.17. The first-order valence-corrected chi connectivity index (χ1v) is 15.9. The van der Waals surface area contributed by atoms with Crippen LogP contribution in [0.2, 0.25) is 0 Å². The van der Waals surface area contributed by atoms with E-state index < -0.39 is 0 Å². The number of aromatic nitrogens is 4. The fourth-order valence-corrected chi connectivity index (χ4v) is 6.37. The van der Waals surface area contributed by atoms with Crippen LogP contribution >= 0.6 is 0 Å². The number of benzene rings is 1. The van der Waals surface area contributed by atoms with Crippen molar-refractivity contribution in [1.82, 2.24) is 34.4 Å². The van der Waals surface area contributed by atoms with Crippen LogP contribution in [0.1, 0.15) is 45.1 Å². The lowest BCUT2D eigenvalue weighted by molar-refractivity contribution is -0.137. The summed E-state index contributed by atoms with van der Waals surface area (Å²) in [5.74, 6) is 2.05. The Kier molecular flexibility index (Phi) is 10.5. The maximum absolute atomic E-state index is 13.5. The van der Waals surface area contributed by atoms with Crippen molar-refractivity contribution >= 4 is 28.7 Å². The molecule has 5 rings (SSSR count). The van der Waals surface area contributed by atoms with Gasteiger partial charge in [0, 0.05) is 51.2 Å². The van der Waals surface area contributed by atoms with Crippen molar-refractivity contribution in [1.29, 1.82) is 0 Å². The first-order valence-electron chi connectivity index (χ1n) is 15.9. The highest BCUT2D eigenvalue weighted by Gasteiger charge is 2.34. The Bertz CT molecular complexity index is 1440. The first kappa shape index (κ1) is 31.4. The van der Waals surface area contributed by atoms with E-state index in [2.05, 4.69) is 30.9 Å². The number of anilines is 1. The number of likely N-dealkylation sites (N-methyl/N-ethyl adjacent to an activating group) is 1. The SMILES string of the molecule is C/C=C/C(=O)N(CCN(C)C)C1CCC(C(=O)N2CCN(c3ncnc4c3cnn4Cc3cccc(OCC)c3)CC2)CC1. The van der Waals surface area contributed by atoms with Crippen LogP contribution < -0.4 is 9.64 Å². The van der Waals surface area contributed by atoms with Crippen molar-refractivity contribution in [3.8, 4) is 5.75 Å². The molecular formula is C33H46N8O3. The van der Waals surface area contributed by atoms with Gasteiger partial charge in [0.05, 0.1) is 24.7 Å². The number of ether oxygens (including phenoxy) is 1. The summed E-state index contributed by atoms with van der Waals surface area (Å²) < 4.78 is 7.55. The molecule has 44 heavy (non-hydrogen) atoms. The third kappa shape index (κ3) is 7.38. The van der Waals surface area contributed by atoms with E-state index in [1.165, 1.54) is 0 Å². The molecule has 2 amide bonds. The van der Waals surface area contributed by atoms with Gasteiger partial charge in [0.2, 0.25) is 11.8 Å². The topological polar surface area (TPSA) is 99.9 Å². The highest BCUT2D eigenvalue weighted by atomic mass is 16.5. The number of amides is 2. The third-order valence-corrected chi connectivity index (χ3v) is 8.71. The molecule has 2 fully saturated rings. The zero-order valence-corrected chi connectivity index (χ0v) is 26.6. The second-order valence-electron chi connectivity index (χ2n) is 12.0. The van der Waals surface area contributed by atoms with Gasteiger partial charge in [0.25, 0.3) is 0 Å². The molecule has 0 N–H and O–H groups in total. The number of fused-ring (bicyclic) bond motifs is 1. The highest BCUT2D eigenvalue weighted by Crippen LogP contribution is 2.31. The van der Waals surface area contributed by atoms with Gasteiger partial charge in [0.1, 0.15) is 17.9 Å². The molecule has 2 aromatic heterocycles.